The molecule has 1 aromatic rings. The van der Waals surface area contributed by atoms with Gasteiger partial charge in [-0.25, -0.2) is 0 Å². The Labute approximate surface area is 109 Å². The van der Waals surface area contributed by atoms with Crippen LogP contribution in [0, 0.1) is 0 Å². The Morgan fingerprint density at radius 1 is 1.50 bits per heavy atom. The van der Waals surface area contributed by atoms with Crippen molar-refractivity contribution in [2.45, 2.75) is 13.0 Å². The van der Waals surface area contributed by atoms with E-state index in [0.29, 0.717) is 0 Å². The highest BCUT2D eigenvalue weighted by Crippen LogP contribution is 2.23. The van der Waals surface area contributed by atoms with Gasteiger partial charge in [-0.05, 0) is 25.1 Å². The van der Waals surface area contributed by atoms with Gasteiger partial charge in [-0.2, -0.15) is 0 Å². The third kappa shape index (κ3) is 3.09. The monoisotopic (exact) mass is 247 g/mol. The van der Waals surface area contributed by atoms with Gasteiger partial charge in [0, 0.05) is 50.4 Å². The lowest BCUT2D eigenvalue weighted by atomic mass is 10.1. The van der Waals surface area contributed by atoms with Gasteiger partial charge in [-0.1, -0.05) is 6.08 Å². The summed E-state index contributed by atoms with van der Waals surface area (Å²) in [6.07, 6.45) is 7.16. The highest BCUT2D eigenvalue weighted by atomic mass is 16.5. The van der Waals surface area contributed by atoms with Crippen molar-refractivity contribution in [3.05, 3.63) is 35.7 Å². The summed E-state index contributed by atoms with van der Waals surface area (Å²) in [5.74, 6) is 0. The fraction of sp³-hybridized carbons (Fsp3) is 0.500. The number of hydrogen-bond acceptors (Lipinski definition) is 4. The van der Waals surface area contributed by atoms with Gasteiger partial charge < -0.3 is 15.0 Å². The van der Waals surface area contributed by atoms with Gasteiger partial charge in [-0.3, -0.25) is 4.98 Å². The first-order valence-corrected chi connectivity index (χ1v) is 6.34. The van der Waals surface area contributed by atoms with Crippen molar-refractivity contribution < 1.29 is 4.74 Å². The predicted octanol–water partition coefficient (Wildman–Crippen LogP) is 1.58. The van der Waals surface area contributed by atoms with Gasteiger partial charge in [0.15, 0.2) is 0 Å². The minimum absolute atomic E-state index is 0.757. The zero-order chi connectivity index (χ0) is 12.8. The van der Waals surface area contributed by atoms with Crippen LogP contribution in [0.1, 0.15) is 12.0 Å². The summed E-state index contributed by atoms with van der Waals surface area (Å²) in [5, 5.41) is 3.19. The number of nitrogens with one attached hydrogen (secondary N) is 1. The zero-order valence-electron chi connectivity index (χ0n) is 11.1. The molecule has 4 heteroatoms. The van der Waals surface area contributed by atoms with Gasteiger partial charge in [0.1, 0.15) is 0 Å². The molecule has 0 unspecified atom stereocenters. The van der Waals surface area contributed by atoms with Crippen LogP contribution in [0.5, 0.6) is 0 Å². The van der Waals surface area contributed by atoms with Gasteiger partial charge >= 0.3 is 0 Å². The van der Waals surface area contributed by atoms with Crippen LogP contribution in [0.15, 0.2) is 30.1 Å². The Hall–Kier alpha value is -1.39. The van der Waals surface area contributed by atoms with Gasteiger partial charge in [-0.15, -0.1) is 0 Å². The zero-order valence-corrected chi connectivity index (χ0v) is 11.1. The van der Waals surface area contributed by atoms with E-state index in [1.54, 1.807) is 7.11 Å². The normalized spacial score (nSPS) is 15.7. The molecule has 0 radical (unpaired) electrons. The molecule has 4 nitrogen and oxygen atoms in total. The Morgan fingerprint density at radius 2 is 2.39 bits per heavy atom. The maximum Gasteiger partial charge on any atom is 0.0674 e. The molecule has 1 aliphatic heterocycles. The molecule has 1 N–H and O–H groups in total. The molecule has 0 bridgehead atoms. The van der Waals surface area contributed by atoms with Crippen molar-refractivity contribution in [1.29, 1.82) is 0 Å². The highest BCUT2D eigenvalue weighted by molar-refractivity contribution is 5.53. The Kier molecular flexibility index (Phi) is 4.73. The summed E-state index contributed by atoms with van der Waals surface area (Å²) in [6.45, 7) is 3.62. The number of aromatic nitrogens is 1. The van der Waals surface area contributed by atoms with Crippen LogP contribution >= 0.6 is 0 Å². The third-order valence-corrected chi connectivity index (χ3v) is 3.22. The lowest BCUT2D eigenvalue weighted by Crippen LogP contribution is -2.30. The molecule has 0 aliphatic carbocycles. The number of methoxy groups -OCH3 is 1. The summed E-state index contributed by atoms with van der Waals surface area (Å²) in [6, 6.07) is 2.10. The highest BCUT2D eigenvalue weighted by Gasteiger charge is 2.14. The molecule has 0 saturated carbocycles. The standard InChI is InChI=1S/C14H21N3O/c1-15-9-13-10-16-6-3-14(13)17-7-4-12(5-8-17)11-18-2/h3-4,6,10,15H,5,7-9,11H2,1-2H3. The van der Waals surface area contributed by atoms with Crippen LogP contribution < -0.4 is 10.2 Å². The second-order valence-corrected chi connectivity index (χ2v) is 4.53. The summed E-state index contributed by atoms with van der Waals surface area (Å²) in [5.41, 5.74) is 3.94. The summed E-state index contributed by atoms with van der Waals surface area (Å²) in [4.78, 5) is 6.60. The first-order chi connectivity index (χ1) is 8.85. The van der Waals surface area contributed by atoms with Crippen molar-refractivity contribution in [1.82, 2.24) is 10.3 Å². The average Bonchev–Trinajstić information content (AvgIpc) is 2.41. The largest absolute Gasteiger partial charge is 0.380 e. The molecule has 0 fully saturated rings. The van der Waals surface area contributed by atoms with E-state index in [9.17, 15) is 0 Å². The molecular weight excluding hydrogens is 226 g/mol. The molecule has 0 saturated heterocycles. The van der Waals surface area contributed by atoms with Crippen LogP contribution in [0.3, 0.4) is 0 Å². The van der Waals surface area contributed by atoms with Crippen LogP contribution in [0.4, 0.5) is 5.69 Å². The second kappa shape index (κ2) is 6.52. The third-order valence-electron chi connectivity index (χ3n) is 3.22. The smallest absolute Gasteiger partial charge is 0.0674 e. The number of anilines is 1. The van der Waals surface area contributed by atoms with Crippen LogP contribution in [-0.4, -0.2) is 38.8 Å². The number of ether oxygens (including phenoxy) is 1. The molecule has 0 aromatic carbocycles. The minimum atomic E-state index is 0.757. The van der Waals surface area contributed by atoms with Crippen LogP contribution in [-0.2, 0) is 11.3 Å². The van der Waals surface area contributed by atoms with Crippen molar-refractivity contribution in [3.63, 3.8) is 0 Å². The summed E-state index contributed by atoms with van der Waals surface area (Å²) < 4.78 is 5.18. The van der Waals surface area contributed by atoms with Crippen LogP contribution in [0.2, 0.25) is 0 Å². The molecule has 0 atom stereocenters. The first kappa shape index (κ1) is 13.1. The fourth-order valence-corrected chi connectivity index (χ4v) is 2.30. The Morgan fingerprint density at radius 3 is 3.06 bits per heavy atom. The molecule has 0 spiro atoms. The Balaban J connectivity index is 2.09. The van der Waals surface area contributed by atoms with Crippen molar-refractivity contribution in [2.75, 3.05) is 38.8 Å². The molecule has 2 rings (SSSR count). The molecule has 0 amide bonds. The molecule has 2 heterocycles. The van der Waals surface area contributed by atoms with E-state index in [1.165, 1.54) is 16.8 Å². The number of nitrogens with zero attached hydrogens (tertiary/aromatic N) is 2. The van der Waals surface area contributed by atoms with E-state index >= 15 is 0 Å². The molecule has 18 heavy (non-hydrogen) atoms. The quantitative estimate of drug-likeness (QED) is 0.802. The van der Waals surface area contributed by atoms with Gasteiger partial charge in [0.2, 0.25) is 0 Å². The van der Waals surface area contributed by atoms with E-state index < -0.39 is 0 Å². The molecule has 98 valence electrons. The summed E-state index contributed by atoms with van der Waals surface area (Å²) >= 11 is 0. The van der Waals surface area contributed by atoms with Gasteiger partial charge in [0.25, 0.3) is 0 Å². The molecular formula is C14H21N3O. The minimum Gasteiger partial charge on any atom is -0.380 e. The van der Waals surface area contributed by atoms with E-state index in [1.807, 2.05) is 19.4 Å². The maximum atomic E-state index is 5.18. The maximum absolute atomic E-state index is 5.18. The first-order valence-electron chi connectivity index (χ1n) is 6.34. The van der Waals surface area contributed by atoms with Crippen molar-refractivity contribution in [3.8, 4) is 0 Å². The van der Waals surface area contributed by atoms with E-state index in [4.69, 9.17) is 4.74 Å². The summed E-state index contributed by atoms with van der Waals surface area (Å²) in [7, 11) is 3.71. The molecule has 1 aromatic heterocycles. The number of pyridine rings is 1. The van der Waals surface area contributed by atoms with E-state index in [-0.39, 0.29) is 0 Å². The number of hydrogen-bond donors (Lipinski definition) is 1. The molecule has 1 aliphatic rings. The van der Waals surface area contributed by atoms with E-state index in [2.05, 4.69) is 27.3 Å². The lowest BCUT2D eigenvalue weighted by Gasteiger charge is -2.30. The lowest BCUT2D eigenvalue weighted by molar-refractivity contribution is 0.222. The average molecular weight is 247 g/mol. The van der Waals surface area contributed by atoms with Crippen molar-refractivity contribution >= 4 is 5.69 Å². The number of rotatable bonds is 5. The van der Waals surface area contributed by atoms with Crippen LogP contribution in [0.25, 0.3) is 0 Å². The van der Waals surface area contributed by atoms with Gasteiger partial charge in [0.05, 0.1) is 6.61 Å². The predicted molar refractivity (Wildman–Crippen MR) is 73.8 cm³/mol. The van der Waals surface area contributed by atoms with E-state index in [0.717, 1.165) is 32.7 Å². The van der Waals surface area contributed by atoms with Crippen molar-refractivity contribution in [2.24, 2.45) is 0 Å². The Bertz CT molecular complexity index is 417. The SMILES string of the molecule is CNCc1cnccc1N1CC=C(COC)CC1. The topological polar surface area (TPSA) is 37.4 Å². The second-order valence-electron chi connectivity index (χ2n) is 4.53. The fourth-order valence-electron chi connectivity index (χ4n) is 2.30.